The van der Waals surface area contributed by atoms with Gasteiger partial charge in [-0.2, -0.15) is 0 Å². The number of halogens is 1. The second-order valence-electron chi connectivity index (χ2n) is 5.08. The van der Waals surface area contributed by atoms with Crippen LogP contribution in [-0.4, -0.2) is 36.1 Å². The van der Waals surface area contributed by atoms with Crippen LogP contribution in [0.15, 0.2) is 48.7 Å². The number of nitrogens with zero attached hydrogens (tertiary/aromatic N) is 3. The van der Waals surface area contributed by atoms with Gasteiger partial charge in [-0.05, 0) is 29.8 Å². The molecule has 1 saturated heterocycles. The molecule has 0 bridgehead atoms. The lowest BCUT2D eigenvalue weighted by atomic mass is 10.2. The number of anilines is 1. The van der Waals surface area contributed by atoms with Crippen LogP contribution in [0.2, 0.25) is 5.02 Å². The van der Waals surface area contributed by atoms with Crippen LogP contribution in [0, 0.1) is 0 Å². The van der Waals surface area contributed by atoms with Gasteiger partial charge in [0.1, 0.15) is 5.82 Å². The molecule has 1 aromatic carbocycles. The van der Waals surface area contributed by atoms with Crippen molar-refractivity contribution in [1.29, 1.82) is 0 Å². The molecule has 4 heteroatoms. The highest BCUT2D eigenvalue weighted by Crippen LogP contribution is 2.15. The molecule has 3 nitrogen and oxygen atoms in total. The first-order valence-corrected chi connectivity index (χ1v) is 7.32. The SMILES string of the molecule is Clc1ccc(CN2CCN(c3ccccn3)CC2)cc1. The summed E-state index contributed by atoms with van der Waals surface area (Å²) in [5.74, 6) is 1.08. The molecule has 0 radical (unpaired) electrons. The van der Waals surface area contributed by atoms with E-state index in [1.54, 1.807) is 0 Å². The Morgan fingerprint density at radius 1 is 0.950 bits per heavy atom. The number of piperazine rings is 1. The van der Waals surface area contributed by atoms with Crippen LogP contribution in [0.3, 0.4) is 0 Å². The number of benzene rings is 1. The van der Waals surface area contributed by atoms with Gasteiger partial charge < -0.3 is 4.90 Å². The fourth-order valence-electron chi connectivity index (χ4n) is 2.52. The topological polar surface area (TPSA) is 19.4 Å². The van der Waals surface area contributed by atoms with E-state index >= 15 is 0 Å². The van der Waals surface area contributed by atoms with Crippen LogP contribution in [0.25, 0.3) is 0 Å². The van der Waals surface area contributed by atoms with E-state index in [0.29, 0.717) is 0 Å². The normalized spacial score (nSPS) is 16.4. The number of pyridine rings is 1. The van der Waals surface area contributed by atoms with Gasteiger partial charge in [-0.3, -0.25) is 4.90 Å². The van der Waals surface area contributed by atoms with Gasteiger partial charge in [0.05, 0.1) is 0 Å². The Kier molecular flexibility index (Phi) is 4.19. The summed E-state index contributed by atoms with van der Waals surface area (Å²) in [6.45, 7) is 5.20. The van der Waals surface area contributed by atoms with Crippen LogP contribution in [0.4, 0.5) is 5.82 Å². The van der Waals surface area contributed by atoms with Crippen molar-refractivity contribution in [1.82, 2.24) is 9.88 Å². The largest absolute Gasteiger partial charge is 0.354 e. The molecule has 0 unspecified atom stereocenters. The zero-order valence-corrected chi connectivity index (χ0v) is 12.1. The van der Waals surface area contributed by atoms with Crippen molar-refractivity contribution >= 4 is 17.4 Å². The molecule has 0 spiro atoms. The lowest BCUT2D eigenvalue weighted by Crippen LogP contribution is -2.46. The molecule has 0 aliphatic carbocycles. The van der Waals surface area contributed by atoms with Crippen molar-refractivity contribution in [2.45, 2.75) is 6.54 Å². The molecule has 1 aromatic heterocycles. The standard InChI is InChI=1S/C16H18ClN3/c17-15-6-4-14(5-7-15)13-19-9-11-20(12-10-19)16-3-1-2-8-18-16/h1-8H,9-13H2. The van der Waals surface area contributed by atoms with Crippen molar-refractivity contribution in [3.63, 3.8) is 0 Å². The molecular weight excluding hydrogens is 270 g/mol. The smallest absolute Gasteiger partial charge is 0.128 e. The summed E-state index contributed by atoms with van der Waals surface area (Å²) in [5.41, 5.74) is 1.32. The van der Waals surface area contributed by atoms with Crippen LogP contribution in [0.1, 0.15) is 5.56 Å². The summed E-state index contributed by atoms with van der Waals surface area (Å²) < 4.78 is 0. The average molecular weight is 288 g/mol. The number of aromatic nitrogens is 1. The van der Waals surface area contributed by atoms with Gasteiger partial charge in [0.25, 0.3) is 0 Å². The third-order valence-electron chi connectivity index (χ3n) is 3.67. The Bertz CT molecular complexity index is 533. The monoisotopic (exact) mass is 287 g/mol. The average Bonchev–Trinajstić information content (AvgIpc) is 2.51. The number of hydrogen-bond donors (Lipinski definition) is 0. The Morgan fingerprint density at radius 3 is 2.35 bits per heavy atom. The molecule has 2 aromatic rings. The number of hydrogen-bond acceptors (Lipinski definition) is 3. The Hall–Kier alpha value is -1.58. The van der Waals surface area contributed by atoms with E-state index in [1.807, 2.05) is 30.5 Å². The third kappa shape index (κ3) is 3.30. The van der Waals surface area contributed by atoms with E-state index in [9.17, 15) is 0 Å². The Labute approximate surface area is 124 Å². The van der Waals surface area contributed by atoms with E-state index in [1.165, 1.54) is 5.56 Å². The summed E-state index contributed by atoms with van der Waals surface area (Å²) in [4.78, 5) is 9.23. The van der Waals surface area contributed by atoms with Gasteiger partial charge in [0.15, 0.2) is 0 Å². The second-order valence-corrected chi connectivity index (χ2v) is 5.51. The summed E-state index contributed by atoms with van der Waals surface area (Å²) in [6.07, 6.45) is 1.86. The van der Waals surface area contributed by atoms with Gasteiger partial charge in [-0.1, -0.05) is 29.8 Å². The lowest BCUT2D eigenvalue weighted by molar-refractivity contribution is 0.249. The van der Waals surface area contributed by atoms with Gasteiger partial charge in [0.2, 0.25) is 0 Å². The zero-order valence-electron chi connectivity index (χ0n) is 11.4. The Balaban J connectivity index is 1.55. The quantitative estimate of drug-likeness (QED) is 0.865. The maximum atomic E-state index is 5.91. The molecular formula is C16H18ClN3. The summed E-state index contributed by atoms with van der Waals surface area (Å²) in [7, 11) is 0. The van der Waals surface area contributed by atoms with Gasteiger partial charge in [0, 0.05) is 43.9 Å². The third-order valence-corrected chi connectivity index (χ3v) is 3.92. The molecule has 0 amide bonds. The molecule has 0 N–H and O–H groups in total. The predicted molar refractivity (Wildman–Crippen MR) is 83.2 cm³/mol. The molecule has 3 rings (SSSR count). The summed E-state index contributed by atoms with van der Waals surface area (Å²) in [5, 5.41) is 0.800. The van der Waals surface area contributed by atoms with Crippen molar-refractivity contribution in [3.05, 3.63) is 59.2 Å². The van der Waals surface area contributed by atoms with E-state index in [0.717, 1.165) is 43.6 Å². The molecule has 0 saturated carbocycles. The van der Waals surface area contributed by atoms with Gasteiger partial charge >= 0.3 is 0 Å². The minimum absolute atomic E-state index is 0.800. The van der Waals surface area contributed by atoms with E-state index in [2.05, 4.69) is 33.0 Å². The first-order chi connectivity index (χ1) is 9.81. The fourth-order valence-corrected chi connectivity index (χ4v) is 2.65. The maximum Gasteiger partial charge on any atom is 0.128 e. The molecule has 20 heavy (non-hydrogen) atoms. The summed E-state index contributed by atoms with van der Waals surface area (Å²) >= 11 is 5.91. The van der Waals surface area contributed by atoms with E-state index in [4.69, 9.17) is 11.6 Å². The van der Waals surface area contributed by atoms with Gasteiger partial charge in [-0.15, -0.1) is 0 Å². The molecule has 104 valence electrons. The van der Waals surface area contributed by atoms with Crippen LogP contribution in [0.5, 0.6) is 0 Å². The molecule has 1 fully saturated rings. The minimum Gasteiger partial charge on any atom is -0.354 e. The molecule has 1 aliphatic heterocycles. The van der Waals surface area contributed by atoms with Crippen molar-refractivity contribution in [3.8, 4) is 0 Å². The highest BCUT2D eigenvalue weighted by Gasteiger charge is 2.17. The first kappa shape index (κ1) is 13.4. The maximum absolute atomic E-state index is 5.91. The molecule has 0 atom stereocenters. The minimum atomic E-state index is 0.800. The molecule has 1 aliphatic rings. The fraction of sp³-hybridized carbons (Fsp3) is 0.312. The first-order valence-electron chi connectivity index (χ1n) is 6.94. The number of rotatable bonds is 3. The van der Waals surface area contributed by atoms with Crippen LogP contribution in [-0.2, 0) is 6.54 Å². The van der Waals surface area contributed by atoms with Crippen molar-refractivity contribution in [2.24, 2.45) is 0 Å². The Morgan fingerprint density at radius 2 is 1.70 bits per heavy atom. The predicted octanol–water partition coefficient (Wildman–Crippen LogP) is 3.06. The van der Waals surface area contributed by atoms with Gasteiger partial charge in [-0.25, -0.2) is 4.98 Å². The lowest BCUT2D eigenvalue weighted by Gasteiger charge is -2.35. The van der Waals surface area contributed by atoms with E-state index < -0.39 is 0 Å². The van der Waals surface area contributed by atoms with Crippen molar-refractivity contribution < 1.29 is 0 Å². The van der Waals surface area contributed by atoms with Crippen LogP contribution >= 0.6 is 11.6 Å². The van der Waals surface area contributed by atoms with Crippen LogP contribution < -0.4 is 4.90 Å². The zero-order chi connectivity index (χ0) is 13.8. The molecule has 2 heterocycles. The second kappa shape index (κ2) is 6.25. The van der Waals surface area contributed by atoms with E-state index in [-0.39, 0.29) is 0 Å². The highest BCUT2D eigenvalue weighted by molar-refractivity contribution is 6.30. The highest BCUT2D eigenvalue weighted by atomic mass is 35.5. The van der Waals surface area contributed by atoms with Crippen molar-refractivity contribution in [2.75, 3.05) is 31.1 Å². The summed E-state index contributed by atoms with van der Waals surface area (Å²) in [6, 6.07) is 14.2.